The van der Waals surface area contributed by atoms with Crippen LogP contribution >= 0.6 is 0 Å². The van der Waals surface area contributed by atoms with Gasteiger partial charge in [-0.3, -0.25) is 19.2 Å². The number of carbonyl (C=O) groups is 5. The Bertz CT molecular complexity index is 1730. The number of nitrogens with one attached hydrogen (secondary N) is 2. The minimum Gasteiger partial charge on any atom is -0.462 e. The second kappa shape index (κ2) is 13.7. The molecule has 4 aliphatic heterocycles. The van der Waals surface area contributed by atoms with Crippen molar-refractivity contribution in [3.8, 4) is 0 Å². The van der Waals surface area contributed by atoms with Gasteiger partial charge in [-0.2, -0.15) is 5.06 Å². The van der Waals surface area contributed by atoms with Crippen LogP contribution in [-0.4, -0.2) is 119 Å². The van der Waals surface area contributed by atoms with Crippen molar-refractivity contribution in [1.29, 1.82) is 0 Å². The topological polar surface area (TPSA) is 208 Å². The molecule has 2 bridgehead atoms. The summed E-state index contributed by atoms with van der Waals surface area (Å²) in [6, 6.07) is 4.41. The van der Waals surface area contributed by atoms with Gasteiger partial charge in [-0.25, -0.2) is 9.59 Å². The second-order valence-corrected chi connectivity index (χ2v) is 16.3. The summed E-state index contributed by atoms with van der Waals surface area (Å²) in [5.41, 5.74) is -1.09. The Hall–Kier alpha value is -3.93. The average molecular weight is 754 g/mol. The monoisotopic (exact) mass is 753 g/mol. The number of esters is 3. The highest BCUT2D eigenvalue weighted by Crippen LogP contribution is 2.63. The lowest BCUT2D eigenvalue weighted by molar-refractivity contribution is -0.235. The van der Waals surface area contributed by atoms with Crippen LogP contribution < -0.4 is 10.6 Å². The number of hydrogen-bond donors (Lipinski definition) is 4. The number of benzene rings is 1. The van der Waals surface area contributed by atoms with E-state index < -0.39 is 95.0 Å². The molecule has 0 radical (unpaired) electrons. The van der Waals surface area contributed by atoms with Crippen LogP contribution in [0.1, 0.15) is 64.0 Å². The Kier molecular flexibility index (Phi) is 9.37. The third-order valence-corrected chi connectivity index (χ3v) is 11.9. The number of hydrogen-bond acceptors (Lipinski definition) is 14. The lowest BCUT2D eigenvalue weighted by Gasteiger charge is -2.49. The molecule has 3 saturated carbocycles. The summed E-state index contributed by atoms with van der Waals surface area (Å²) in [4.78, 5) is 73.7. The SMILES string of the molecule is C[C@H](O)[C@@H](NC(=O)[C@@]12C[C@H]3OC(=O)[C@@H]1N(Cc1ccccc1C=CC(=O)O[C@H]1C(=O)OCC1(C)C)O[C@@H]2[C@H]1OC(C2CC2)(C2CC2)O[C@H]13)C(=O)NCCO. The van der Waals surface area contributed by atoms with E-state index in [0.717, 1.165) is 25.7 Å². The van der Waals surface area contributed by atoms with E-state index >= 15 is 0 Å². The minimum atomic E-state index is -1.62. The molecule has 16 heteroatoms. The molecule has 1 aromatic rings. The molecule has 0 spiro atoms. The van der Waals surface area contributed by atoms with Gasteiger partial charge in [0.1, 0.15) is 42.5 Å². The van der Waals surface area contributed by atoms with E-state index in [9.17, 15) is 34.2 Å². The standard InChI is InChI=1S/C38H47N3O13/c1-19(43)26(32(45)39-14-15-42)40-35(48)37-16-24-27-28(53-38(52-27,22-9-10-22)23-11-12-23)30(37)54-41(29(37)33(46)50-24)17-21-7-5-4-6-20(21)8-13-25(44)51-31-34(47)49-18-36(31,2)3/h4-8,13,19,22-24,26-31,42-43H,9-12,14-18H2,1-3H3,(H,39,45)(H,40,48)/t19-,24+,26+,27-,28-,29-,30+,31-,37-/m0/s1. The first-order valence-corrected chi connectivity index (χ1v) is 18.8. The van der Waals surface area contributed by atoms with Crippen LogP contribution in [0.25, 0.3) is 6.08 Å². The number of amides is 2. The summed E-state index contributed by atoms with van der Waals surface area (Å²) >= 11 is 0. The van der Waals surface area contributed by atoms with E-state index in [4.69, 9.17) is 28.5 Å². The van der Waals surface area contributed by atoms with Crippen LogP contribution in [0.2, 0.25) is 0 Å². The number of ether oxygens (including phenoxy) is 5. The molecule has 54 heavy (non-hydrogen) atoms. The first-order valence-electron chi connectivity index (χ1n) is 18.8. The summed E-state index contributed by atoms with van der Waals surface area (Å²) in [7, 11) is 0. The molecule has 2 amide bonds. The van der Waals surface area contributed by atoms with Gasteiger partial charge in [0.05, 0.1) is 19.3 Å². The van der Waals surface area contributed by atoms with Crippen molar-refractivity contribution < 1.29 is 62.7 Å². The Morgan fingerprint density at radius 1 is 1.06 bits per heavy atom. The normalized spacial score (nSPS) is 34.5. The molecule has 7 aliphatic rings. The van der Waals surface area contributed by atoms with Crippen LogP contribution in [0.4, 0.5) is 0 Å². The van der Waals surface area contributed by atoms with Crippen molar-refractivity contribution in [1.82, 2.24) is 15.7 Å². The average Bonchev–Trinajstić information content (AvgIpc) is 4.08. The van der Waals surface area contributed by atoms with Crippen LogP contribution in [-0.2, 0) is 59.0 Å². The minimum absolute atomic E-state index is 0.0183. The lowest BCUT2D eigenvalue weighted by atomic mass is 9.62. The van der Waals surface area contributed by atoms with Crippen LogP contribution in [0.3, 0.4) is 0 Å². The maximum absolute atomic E-state index is 14.8. The zero-order valence-corrected chi connectivity index (χ0v) is 30.4. The number of cyclic esters (lactones) is 1. The molecule has 1 aromatic carbocycles. The molecular weight excluding hydrogens is 706 g/mol. The highest BCUT2D eigenvalue weighted by molar-refractivity contribution is 5.96. The fourth-order valence-electron chi connectivity index (χ4n) is 8.89. The number of nitrogens with zero attached hydrogens (tertiary/aromatic N) is 1. The number of aliphatic hydroxyl groups is 2. The molecule has 3 aliphatic carbocycles. The molecule has 9 atom stereocenters. The molecule has 0 aromatic heterocycles. The Balaban J connectivity index is 1.11. The smallest absolute Gasteiger partial charge is 0.348 e. The van der Waals surface area contributed by atoms with Crippen LogP contribution in [0, 0.1) is 22.7 Å². The van der Waals surface area contributed by atoms with Crippen molar-refractivity contribution in [2.45, 2.75) is 114 Å². The Morgan fingerprint density at radius 2 is 1.76 bits per heavy atom. The molecular formula is C38H47N3O13. The fraction of sp³-hybridized carbons (Fsp3) is 0.658. The van der Waals surface area contributed by atoms with Crippen molar-refractivity contribution >= 4 is 35.8 Å². The van der Waals surface area contributed by atoms with Crippen molar-refractivity contribution in [2.24, 2.45) is 22.7 Å². The molecule has 4 saturated heterocycles. The third-order valence-electron chi connectivity index (χ3n) is 11.9. The van der Waals surface area contributed by atoms with Gasteiger partial charge in [0.15, 0.2) is 11.8 Å². The Labute approximate surface area is 311 Å². The summed E-state index contributed by atoms with van der Waals surface area (Å²) in [6.07, 6.45) is 0.799. The highest BCUT2D eigenvalue weighted by atomic mass is 16.8. The van der Waals surface area contributed by atoms with Gasteiger partial charge < -0.3 is 44.5 Å². The van der Waals surface area contributed by atoms with Gasteiger partial charge >= 0.3 is 17.9 Å². The zero-order chi connectivity index (χ0) is 38.2. The van der Waals surface area contributed by atoms with E-state index in [-0.39, 0.29) is 44.6 Å². The number of aliphatic hydroxyl groups excluding tert-OH is 2. The van der Waals surface area contributed by atoms with E-state index in [1.54, 1.807) is 38.1 Å². The molecule has 7 fully saturated rings. The maximum atomic E-state index is 14.8. The quantitative estimate of drug-likeness (QED) is 0.121. The largest absolute Gasteiger partial charge is 0.462 e. The van der Waals surface area contributed by atoms with E-state index in [1.165, 1.54) is 24.1 Å². The van der Waals surface area contributed by atoms with Gasteiger partial charge in [0.2, 0.25) is 17.9 Å². The van der Waals surface area contributed by atoms with E-state index in [1.807, 2.05) is 0 Å². The molecule has 16 nitrogen and oxygen atoms in total. The second-order valence-electron chi connectivity index (χ2n) is 16.3. The molecule has 4 N–H and O–H groups in total. The number of rotatable bonds is 13. The van der Waals surface area contributed by atoms with Gasteiger partial charge in [0.25, 0.3) is 0 Å². The van der Waals surface area contributed by atoms with E-state index in [2.05, 4.69) is 10.6 Å². The first kappa shape index (κ1) is 37.0. The molecule has 0 unspecified atom stereocenters. The highest BCUT2D eigenvalue weighted by Gasteiger charge is 2.78. The van der Waals surface area contributed by atoms with Gasteiger partial charge in [-0.05, 0) is 49.8 Å². The summed E-state index contributed by atoms with van der Waals surface area (Å²) in [6.45, 7) is 4.58. The van der Waals surface area contributed by atoms with Crippen LogP contribution in [0.5, 0.6) is 0 Å². The summed E-state index contributed by atoms with van der Waals surface area (Å²) < 4.78 is 30.3. The Morgan fingerprint density at radius 3 is 2.41 bits per heavy atom. The maximum Gasteiger partial charge on any atom is 0.348 e. The summed E-state index contributed by atoms with van der Waals surface area (Å²) in [5.74, 6) is -3.96. The molecule has 8 rings (SSSR count). The number of carbonyl (C=O) groups excluding carboxylic acids is 5. The van der Waals surface area contributed by atoms with Crippen molar-refractivity contribution in [3.63, 3.8) is 0 Å². The predicted octanol–water partition coefficient (Wildman–Crippen LogP) is 0.269. The third kappa shape index (κ3) is 6.20. The lowest BCUT2D eigenvalue weighted by Crippen LogP contribution is -2.71. The van der Waals surface area contributed by atoms with Gasteiger partial charge in [0, 0.05) is 36.3 Å². The molecule has 4 heterocycles. The number of fused-ring (bicyclic) bond motifs is 4. The van der Waals surface area contributed by atoms with Crippen LogP contribution in [0.15, 0.2) is 30.3 Å². The summed E-state index contributed by atoms with van der Waals surface area (Å²) in [5, 5.41) is 26.5. The fourth-order valence-corrected chi connectivity index (χ4v) is 8.89. The van der Waals surface area contributed by atoms with Crippen molar-refractivity contribution in [3.05, 3.63) is 41.5 Å². The van der Waals surface area contributed by atoms with Gasteiger partial charge in [-0.15, -0.1) is 0 Å². The van der Waals surface area contributed by atoms with Gasteiger partial charge in [-0.1, -0.05) is 38.1 Å². The van der Waals surface area contributed by atoms with Crippen molar-refractivity contribution in [2.75, 3.05) is 19.8 Å². The first-order chi connectivity index (χ1) is 25.8. The number of hydroxylamine groups is 2. The predicted molar refractivity (Wildman–Crippen MR) is 183 cm³/mol. The van der Waals surface area contributed by atoms with E-state index in [0.29, 0.717) is 11.1 Å². The zero-order valence-electron chi connectivity index (χ0n) is 30.4. The molecule has 292 valence electrons.